The molecule has 5 nitrogen and oxygen atoms in total. The number of rotatable bonds is 3. The van der Waals surface area contributed by atoms with Crippen LogP contribution in [0.3, 0.4) is 0 Å². The standard InChI is InChI=1S/C13H16N2O3S/c1-18-13-8-7-12(11(9-14)15-13)19(16,17)10-5-3-2-4-6-10/h7-8,10H,2-6H2,1H3. The molecule has 1 aliphatic rings. The average molecular weight is 280 g/mol. The van der Waals surface area contributed by atoms with Gasteiger partial charge in [-0.1, -0.05) is 19.3 Å². The van der Waals surface area contributed by atoms with Crippen molar-refractivity contribution in [2.75, 3.05) is 7.11 Å². The van der Waals surface area contributed by atoms with Gasteiger partial charge in [0.2, 0.25) is 5.88 Å². The molecule has 1 fully saturated rings. The summed E-state index contributed by atoms with van der Waals surface area (Å²) in [7, 11) is -2.04. The summed E-state index contributed by atoms with van der Waals surface area (Å²) in [6.45, 7) is 0. The van der Waals surface area contributed by atoms with E-state index in [9.17, 15) is 8.42 Å². The normalized spacial score (nSPS) is 16.8. The van der Waals surface area contributed by atoms with Crippen LogP contribution in [0.4, 0.5) is 0 Å². The number of ether oxygens (including phenoxy) is 1. The SMILES string of the molecule is COc1ccc(S(=O)(=O)C2CCCCC2)c(C#N)n1. The summed E-state index contributed by atoms with van der Waals surface area (Å²) in [6, 6.07) is 4.75. The van der Waals surface area contributed by atoms with Gasteiger partial charge in [-0.05, 0) is 18.9 Å². The van der Waals surface area contributed by atoms with Crippen LogP contribution in [0, 0.1) is 11.3 Å². The molecule has 2 rings (SSSR count). The van der Waals surface area contributed by atoms with Gasteiger partial charge in [-0.25, -0.2) is 13.4 Å². The highest BCUT2D eigenvalue weighted by molar-refractivity contribution is 7.92. The molecule has 1 aromatic rings. The maximum absolute atomic E-state index is 12.5. The smallest absolute Gasteiger partial charge is 0.214 e. The van der Waals surface area contributed by atoms with E-state index in [1.165, 1.54) is 19.2 Å². The third-order valence-corrected chi connectivity index (χ3v) is 5.74. The topological polar surface area (TPSA) is 80.0 Å². The second-order valence-corrected chi connectivity index (χ2v) is 6.81. The van der Waals surface area contributed by atoms with Crippen molar-refractivity contribution < 1.29 is 13.2 Å². The van der Waals surface area contributed by atoms with Crippen molar-refractivity contribution in [3.63, 3.8) is 0 Å². The Morgan fingerprint density at radius 3 is 2.58 bits per heavy atom. The van der Waals surface area contributed by atoms with Gasteiger partial charge in [0, 0.05) is 6.07 Å². The minimum Gasteiger partial charge on any atom is -0.481 e. The molecule has 0 atom stereocenters. The Morgan fingerprint density at radius 1 is 1.32 bits per heavy atom. The number of hydrogen-bond acceptors (Lipinski definition) is 5. The van der Waals surface area contributed by atoms with E-state index in [0.29, 0.717) is 12.8 Å². The van der Waals surface area contributed by atoms with Gasteiger partial charge in [0.25, 0.3) is 0 Å². The fourth-order valence-electron chi connectivity index (χ4n) is 2.41. The molecule has 0 aromatic carbocycles. The lowest BCUT2D eigenvalue weighted by Crippen LogP contribution is -2.25. The zero-order chi connectivity index (χ0) is 13.9. The molecule has 1 aromatic heterocycles. The molecule has 102 valence electrons. The first-order valence-corrected chi connectivity index (χ1v) is 7.83. The molecule has 0 radical (unpaired) electrons. The van der Waals surface area contributed by atoms with Crippen LogP contribution in [0.25, 0.3) is 0 Å². The lowest BCUT2D eigenvalue weighted by molar-refractivity contribution is 0.396. The van der Waals surface area contributed by atoms with Crippen molar-refractivity contribution in [3.8, 4) is 11.9 Å². The van der Waals surface area contributed by atoms with E-state index in [1.807, 2.05) is 6.07 Å². The van der Waals surface area contributed by atoms with Crippen LogP contribution in [0.5, 0.6) is 5.88 Å². The van der Waals surface area contributed by atoms with Crippen LogP contribution < -0.4 is 4.74 Å². The van der Waals surface area contributed by atoms with Crippen LogP contribution >= 0.6 is 0 Å². The lowest BCUT2D eigenvalue weighted by atomic mass is 10.0. The van der Waals surface area contributed by atoms with E-state index < -0.39 is 9.84 Å². The summed E-state index contributed by atoms with van der Waals surface area (Å²) in [5, 5.41) is 8.68. The summed E-state index contributed by atoms with van der Waals surface area (Å²) < 4.78 is 30.0. The van der Waals surface area contributed by atoms with Crippen molar-refractivity contribution in [1.29, 1.82) is 5.26 Å². The molecule has 0 saturated heterocycles. The third kappa shape index (κ3) is 2.71. The molecular weight excluding hydrogens is 264 g/mol. The second kappa shape index (κ2) is 5.57. The molecule has 0 spiro atoms. The Kier molecular flexibility index (Phi) is 4.05. The van der Waals surface area contributed by atoms with Crippen LogP contribution in [0.15, 0.2) is 17.0 Å². The van der Waals surface area contributed by atoms with Crippen LogP contribution in [-0.4, -0.2) is 25.8 Å². The first-order chi connectivity index (χ1) is 9.09. The van der Waals surface area contributed by atoms with Crippen molar-refractivity contribution in [3.05, 3.63) is 17.8 Å². The highest BCUT2D eigenvalue weighted by Crippen LogP contribution is 2.30. The third-order valence-electron chi connectivity index (χ3n) is 3.45. The number of methoxy groups -OCH3 is 1. The van der Waals surface area contributed by atoms with Gasteiger partial charge in [0.1, 0.15) is 11.0 Å². The van der Waals surface area contributed by atoms with Gasteiger partial charge in [-0.3, -0.25) is 0 Å². The molecule has 1 saturated carbocycles. The molecule has 0 amide bonds. The first-order valence-electron chi connectivity index (χ1n) is 6.28. The van der Waals surface area contributed by atoms with Gasteiger partial charge in [0.15, 0.2) is 15.5 Å². The Bertz CT molecular complexity index is 599. The van der Waals surface area contributed by atoms with E-state index >= 15 is 0 Å². The number of aromatic nitrogens is 1. The zero-order valence-corrected chi connectivity index (χ0v) is 11.6. The Labute approximate surface area is 113 Å². The van der Waals surface area contributed by atoms with E-state index in [-0.39, 0.29) is 21.7 Å². The summed E-state index contributed by atoms with van der Waals surface area (Å²) in [5.41, 5.74) is -0.0788. The molecule has 0 aliphatic heterocycles. The molecule has 6 heteroatoms. The second-order valence-electron chi connectivity index (χ2n) is 4.62. The van der Waals surface area contributed by atoms with E-state index in [1.54, 1.807) is 0 Å². The zero-order valence-electron chi connectivity index (χ0n) is 10.8. The maximum atomic E-state index is 12.5. The van der Waals surface area contributed by atoms with Crippen molar-refractivity contribution >= 4 is 9.84 Å². The van der Waals surface area contributed by atoms with Gasteiger partial charge in [0.05, 0.1) is 12.4 Å². The highest BCUT2D eigenvalue weighted by atomic mass is 32.2. The first kappa shape index (κ1) is 13.8. The molecular formula is C13H16N2O3S. The Morgan fingerprint density at radius 2 is 2.00 bits per heavy atom. The van der Waals surface area contributed by atoms with Gasteiger partial charge in [-0.2, -0.15) is 5.26 Å². The minimum absolute atomic E-state index is 0.0303. The van der Waals surface area contributed by atoms with Crippen molar-refractivity contribution in [2.24, 2.45) is 0 Å². The van der Waals surface area contributed by atoms with E-state index in [2.05, 4.69) is 4.98 Å². The summed E-state index contributed by atoms with van der Waals surface area (Å²) >= 11 is 0. The summed E-state index contributed by atoms with van der Waals surface area (Å²) in [5.74, 6) is 0.249. The lowest BCUT2D eigenvalue weighted by Gasteiger charge is -2.22. The van der Waals surface area contributed by atoms with Gasteiger partial charge < -0.3 is 4.74 Å². The summed E-state index contributed by atoms with van der Waals surface area (Å²) in [4.78, 5) is 3.94. The number of nitriles is 1. The van der Waals surface area contributed by atoms with E-state index in [0.717, 1.165) is 19.3 Å². The van der Waals surface area contributed by atoms with Crippen molar-refractivity contribution in [1.82, 2.24) is 4.98 Å². The molecule has 1 heterocycles. The maximum Gasteiger partial charge on any atom is 0.214 e. The fraction of sp³-hybridized carbons (Fsp3) is 0.538. The van der Waals surface area contributed by atoms with Gasteiger partial charge in [-0.15, -0.1) is 0 Å². The molecule has 0 bridgehead atoms. The number of nitrogens with zero attached hydrogens (tertiary/aromatic N) is 2. The van der Waals surface area contributed by atoms with E-state index in [4.69, 9.17) is 10.00 Å². The number of hydrogen-bond donors (Lipinski definition) is 0. The number of pyridine rings is 1. The average Bonchev–Trinajstić information content (AvgIpc) is 2.47. The van der Waals surface area contributed by atoms with Gasteiger partial charge >= 0.3 is 0 Å². The molecule has 19 heavy (non-hydrogen) atoms. The van der Waals surface area contributed by atoms with Crippen LogP contribution in [0.2, 0.25) is 0 Å². The van der Waals surface area contributed by atoms with Crippen LogP contribution in [-0.2, 0) is 9.84 Å². The quantitative estimate of drug-likeness (QED) is 0.846. The van der Waals surface area contributed by atoms with Crippen LogP contribution in [0.1, 0.15) is 37.8 Å². The highest BCUT2D eigenvalue weighted by Gasteiger charge is 2.31. The fourth-order valence-corrected chi connectivity index (χ4v) is 4.34. The molecule has 1 aliphatic carbocycles. The predicted octanol–water partition coefficient (Wildman–Crippen LogP) is 2.07. The predicted molar refractivity (Wildman–Crippen MR) is 69.6 cm³/mol. The largest absolute Gasteiger partial charge is 0.481 e. The van der Waals surface area contributed by atoms with Crippen molar-refractivity contribution in [2.45, 2.75) is 42.2 Å². The minimum atomic E-state index is -3.47. The monoisotopic (exact) mass is 280 g/mol. The summed E-state index contributed by atoms with van der Waals surface area (Å²) in [6.07, 6.45) is 4.27. The Balaban J connectivity index is 2.42. The molecule has 0 unspecified atom stereocenters. The Hall–Kier alpha value is -1.61. The molecule has 0 N–H and O–H groups in total. The number of sulfone groups is 1.